The van der Waals surface area contributed by atoms with Gasteiger partial charge in [0.1, 0.15) is 0 Å². The fraction of sp³-hybridized carbons (Fsp3) is 0.375. The number of hydroxylamine groups is 1. The number of hydrogen-bond donors (Lipinski definition) is 2. The van der Waals surface area contributed by atoms with E-state index in [0.29, 0.717) is 12.6 Å². The van der Waals surface area contributed by atoms with E-state index in [1.54, 1.807) is 0 Å². The number of nitrogens with one attached hydrogen (secondary N) is 1. The minimum Gasteiger partial charge on any atom is -0.478 e. The zero-order valence-electron chi connectivity index (χ0n) is 7.16. The first-order valence-corrected chi connectivity index (χ1v) is 3.80. The summed E-state index contributed by atoms with van der Waals surface area (Å²) in [5.74, 6) is -1.92. The van der Waals surface area contributed by atoms with Crippen molar-refractivity contribution in [3.8, 4) is 0 Å². The van der Waals surface area contributed by atoms with E-state index in [9.17, 15) is 9.59 Å². The molecule has 0 atom stereocenters. The zero-order valence-corrected chi connectivity index (χ0v) is 7.16. The van der Waals surface area contributed by atoms with Crippen LogP contribution < -0.4 is 5.48 Å². The van der Waals surface area contributed by atoms with Crippen molar-refractivity contribution in [1.82, 2.24) is 5.48 Å². The molecule has 0 aliphatic carbocycles. The van der Waals surface area contributed by atoms with Gasteiger partial charge in [-0.2, -0.15) is 5.48 Å². The predicted molar refractivity (Wildman–Crippen MR) is 45.5 cm³/mol. The Balaban J connectivity index is 3.46. The Labute approximate surface area is 76.3 Å². The van der Waals surface area contributed by atoms with Crippen LogP contribution >= 0.6 is 0 Å². The molecule has 0 aliphatic rings. The van der Waals surface area contributed by atoms with Crippen molar-refractivity contribution in [1.29, 1.82) is 0 Å². The maximum Gasteiger partial charge on any atom is 0.349 e. The molecular formula is C8H12NO4. The van der Waals surface area contributed by atoms with Crippen LogP contribution in [-0.4, -0.2) is 23.6 Å². The SMILES string of the molecule is [CH2]CCCNOC(=O)/C=C/C(=O)O. The molecule has 0 saturated carbocycles. The van der Waals surface area contributed by atoms with E-state index in [0.717, 1.165) is 18.9 Å². The molecule has 0 spiro atoms. The molecule has 13 heavy (non-hydrogen) atoms. The van der Waals surface area contributed by atoms with E-state index in [1.165, 1.54) is 0 Å². The minimum absolute atomic E-state index is 0.510. The molecule has 2 N–H and O–H groups in total. The first kappa shape index (κ1) is 11.6. The number of hydrogen-bond acceptors (Lipinski definition) is 4. The van der Waals surface area contributed by atoms with Gasteiger partial charge in [0.2, 0.25) is 0 Å². The van der Waals surface area contributed by atoms with Gasteiger partial charge in [0.15, 0.2) is 0 Å². The second kappa shape index (κ2) is 7.30. The van der Waals surface area contributed by atoms with Gasteiger partial charge in [0.05, 0.1) is 0 Å². The number of carboxylic acids is 1. The summed E-state index contributed by atoms with van der Waals surface area (Å²) in [6.45, 7) is 4.10. The van der Waals surface area contributed by atoms with Crippen molar-refractivity contribution in [2.75, 3.05) is 6.54 Å². The van der Waals surface area contributed by atoms with Gasteiger partial charge in [0, 0.05) is 18.7 Å². The van der Waals surface area contributed by atoms with Crippen molar-refractivity contribution in [3.63, 3.8) is 0 Å². The third-order valence-corrected chi connectivity index (χ3v) is 1.06. The lowest BCUT2D eigenvalue weighted by atomic mass is 10.3. The third-order valence-electron chi connectivity index (χ3n) is 1.06. The lowest BCUT2D eigenvalue weighted by Crippen LogP contribution is -2.19. The predicted octanol–water partition coefficient (Wildman–Crippen LogP) is 0.289. The summed E-state index contributed by atoms with van der Waals surface area (Å²) in [5, 5.41) is 8.15. The van der Waals surface area contributed by atoms with Crippen LogP contribution in [0.2, 0.25) is 0 Å². The highest BCUT2D eigenvalue weighted by Crippen LogP contribution is 1.83. The quantitative estimate of drug-likeness (QED) is 0.354. The fourth-order valence-electron chi connectivity index (χ4n) is 0.493. The van der Waals surface area contributed by atoms with Crippen LogP contribution in [0.5, 0.6) is 0 Å². The van der Waals surface area contributed by atoms with E-state index in [4.69, 9.17) is 5.11 Å². The lowest BCUT2D eigenvalue weighted by molar-refractivity contribution is -0.145. The number of aliphatic carboxylic acids is 1. The summed E-state index contributed by atoms with van der Waals surface area (Å²) in [5.41, 5.74) is 2.38. The maximum absolute atomic E-state index is 10.7. The Kier molecular flexibility index (Phi) is 6.53. The van der Waals surface area contributed by atoms with Crippen molar-refractivity contribution in [3.05, 3.63) is 19.1 Å². The molecule has 0 rings (SSSR count). The Hall–Kier alpha value is -1.36. The van der Waals surface area contributed by atoms with Gasteiger partial charge in [-0.05, 0) is 6.42 Å². The molecule has 73 valence electrons. The maximum atomic E-state index is 10.7. The van der Waals surface area contributed by atoms with E-state index < -0.39 is 11.9 Å². The molecule has 0 aromatic rings. The number of carbonyl (C=O) groups excluding carboxylic acids is 1. The van der Waals surface area contributed by atoms with Crippen molar-refractivity contribution in [2.45, 2.75) is 12.8 Å². The van der Waals surface area contributed by atoms with Gasteiger partial charge in [-0.25, -0.2) is 9.59 Å². The van der Waals surface area contributed by atoms with Crippen molar-refractivity contribution < 1.29 is 19.5 Å². The van der Waals surface area contributed by atoms with Gasteiger partial charge in [-0.3, -0.25) is 0 Å². The van der Waals surface area contributed by atoms with Crippen molar-refractivity contribution in [2.24, 2.45) is 0 Å². The molecule has 1 radical (unpaired) electrons. The van der Waals surface area contributed by atoms with Crippen LogP contribution in [0.4, 0.5) is 0 Å². The molecule has 0 saturated heterocycles. The largest absolute Gasteiger partial charge is 0.478 e. The second-order valence-electron chi connectivity index (χ2n) is 2.19. The minimum atomic E-state index is -1.19. The van der Waals surface area contributed by atoms with E-state index in [-0.39, 0.29) is 0 Å². The van der Waals surface area contributed by atoms with Gasteiger partial charge in [-0.1, -0.05) is 13.3 Å². The Bertz CT molecular complexity index is 200. The van der Waals surface area contributed by atoms with Gasteiger partial charge >= 0.3 is 11.9 Å². The Morgan fingerprint density at radius 2 is 2.15 bits per heavy atom. The second-order valence-corrected chi connectivity index (χ2v) is 2.19. The van der Waals surface area contributed by atoms with Crippen LogP contribution in [0.25, 0.3) is 0 Å². The molecule has 0 fully saturated rings. The summed E-state index contributed by atoms with van der Waals surface area (Å²) >= 11 is 0. The molecule has 0 aromatic carbocycles. The van der Waals surface area contributed by atoms with Gasteiger partial charge < -0.3 is 9.94 Å². The third kappa shape index (κ3) is 8.55. The highest BCUT2D eigenvalue weighted by molar-refractivity contribution is 5.90. The summed E-state index contributed by atoms with van der Waals surface area (Å²) in [4.78, 5) is 25.0. The van der Waals surface area contributed by atoms with Crippen LogP contribution in [0, 0.1) is 6.92 Å². The molecule has 0 bridgehead atoms. The monoisotopic (exact) mass is 186 g/mol. The number of carboxylic acid groups (broad SMARTS) is 1. The lowest BCUT2D eigenvalue weighted by Gasteiger charge is -2.00. The molecule has 0 aromatic heterocycles. The molecule has 0 amide bonds. The molecule has 0 unspecified atom stereocenters. The van der Waals surface area contributed by atoms with Crippen molar-refractivity contribution >= 4 is 11.9 Å². The first-order valence-electron chi connectivity index (χ1n) is 3.80. The number of rotatable bonds is 6. The molecule has 5 heteroatoms. The number of carbonyl (C=O) groups is 2. The van der Waals surface area contributed by atoms with Crippen LogP contribution in [0.15, 0.2) is 12.2 Å². The first-order chi connectivity index (χ1) is 6.16. The molecular weight excluding hydrogens is 174 g/mol. The van der Waals surface area contributed by atoms with E-state index >= 15 is 0 Å². The highest BCUT2D eigenvalue weighted by atomic mass is 16.7. The van der Waals surface area contributed by atoms with Crippen LogP contribution in [0.3, 0.4) is 0 Å². The fourth-order valence-corrected chi connectivity index (χ4v) is 0.493. The summed E-state index contributed by atoms with van der Waals surface area (Å²) in [6, 6.07) is 0. The van der Waals surface area contributed by atoms with Crippen LogP contribution in [0.1, 0.15) is 12.8 Å². The van der Waals surface area contributed by atoms with Gasteiger partial charge in [-0.15, -0.1) is 0 Å². The smallest absolute Gasteiger partial charge is 0.349 e. The zero-order chi connectivity index (χ0) is 10.1. The van der Waals surface area contributed by atoms with E-state index in [2.05, 4.69) is 17.2 Å². The standard InChI is InChI=1S/C8H12NO4/c1-2-3-6-9-13-8(12)5-4-7(10)11/h4-5,9H,1-3,6H2,(H,10,11)/b5-4+. The Morgan fingerprint density at radius 3 is 2.69 bits per heavy atom. The average molecular weight is 186 g/mol. The number of unbranched alkanes of at least 4 members (excludes halogenated alkanes) is 1. The summed E-state index contributed by atoms with van der Waals surface area (Å²) in [6.07, 6.45) is 3.08. The molecule has 0 heterocycles. The summed E-state index contributed by atoms with van der Waals surface area (Å²) in [7, 11) is 0. The summed E-state index contributed by atoms with van der Waals surface area (Å²) < 4.78 is 0. The molecule has 5 nitrogen and oxygen atoms in total. The topological polar surface area (TPSA) is 75.6 Å². The Morgan fingerprint density at radius 1 is 1.46 bits per heavy atom. The average Bonchev–Trinajstić information content (AvgIpc) is 2.09. The van der Waals surface area contributed by atoms with E-state index in [1.807, 2.05) is 0 Å². The normalized spacial score (nSPS) is 10.2. The highest BCUT2D eigenvalue weighted by Gasteiger charge is 1.96. The molecule has 0 aliphatic heterocycles. The van der Waals surface area contributed by atoms with Gasteiger partial charge in [0.25, 0.3) is 0 Å². The van der Waals surface area contributed by atoms with Crippen LogP contribution in [-0.2, 0) is 14.4 Å².